The Morgan fingerprint density at radius 2 is 1.50 bits per heavy atom. The van der Waals surface area contributed by atoms with E-state index in [9.17, 15) is 13.9 Å². The number of hydrogen-bond donors (Lipinski definition) is 1. The lowest BCUT2D eigenvalue weighted by molar-refractivity contribution is -0.00678. The van der Waals surface area contributed by atoms with E-state index >= 15 is 0 Å². The topological polar surface area (TPSA) is 29.5 Å². The molecule has 0 radical (unpaired) electrons. The lowest BCUT2D eigenvalue weighted by Crippen LogP contribution is -2.09. The van der Waals surface area contributed by atoms with Gasteiger partial charge in [-0.3, -0.25) is 0 Å². The van der Waals surface area contributed by atoms with Gasteiger partial charge in [-0.1, -0.05) is 36.4 Å². The molecule has 1 unspecified atom stereocenters. The van der Waals surface area contributed by atoms with Crippen LogP contribution in [-0.4, -0.2) is 11.5 Å². The first-order valence-corrected chi connectivity index (χ1v) is 5.46. The van der Waals surface area contributed by atoms with Crippen LogP contribution >= 0.6 is 0 Å². The molecule has 0 spiro atoms. The van der Waals surface area contributed by atoms with E-state index in [0.717, 1.165) is 0 Å². The predicted octanol–water partition coefficient (Wildman–Crippen LogP) is 3.78. The molecule has 1 atom stereocenters. The predicted molar refractivity (Wildman–Crippen MR) is 63.9 cm³/mol. The van der Waals surface area contributed by atoms with E-state index in [1.54, 1.807) is 42.5 Å². The fourth-order valence-corrected chi connectivity index (χ4v) is 1.57. The first-order chi connectivity index (χ1) is 8.68. The molecule has 2 aromatic carbocycles. The van der Waals surface area contributed by atoms with E-state index in [-0.39, 0.29) is 11.3 Å². The number of alkyl halides is 2. The molecule has 0 aliphatic heterocycles. The molecule has 2 rings (SSSR count). The van der Waals surface area contributed by atoms with Crippen LogP contribution in [0.2, 0.25) is 0 Å². The van der Waals surface area contributed by atoms with Gasteiger partial charge in [0, 0.05) is 5.56 Å². The Kier molecular flexibility index (Phi) is 3.89. The monoisotopic (exact) mass is 250 g/mol. The molecule has 0 aromatic heterocycles. The van der Waals surface area contributed by atoms with Crippen LogP contribution in [0, 0.1) is 0 Å². The molecule has 0 bridgehead atoms. The van der Waals surface area contributed by atoms with Crippen molar-refractivity contribution < 1.29 is 18.6 Å². The quantitative estimate of drug-likeness (QED) is 0.894. The molecule has 0 aliphatic rings. The van der Waals surface area contributed by atoms with Gasteiger partial charge < -0.3 is 9.84 Å². The van der Waals surface area contributed by atoms with Gasteiger partial charge >= 0.3 is 0 Å². The Morgan fingerprint density at radius 1 is 0.889 bits per heavy atom. The zero-order chi connectivity index (χ0) is 13.0. The van der Waals surface area contributed by atoms with E-state index in [4.69, 9.17) is 4.74 Å². The summed E-state index contributed by atoms with van der Waals surface area (Å²) >= 11 is 0. The molecule has 1 N–H and O–H groups in total. The van der Waals surface area contributed by atoms with Crippen LogP contribution in [0.15, 0.2) is 54.6 Å². The van der Waals surface area contributed by atoms with Gasteiger partial charge in [-0.15, -0.1) is 0 Å². The average Bonchev–Trinajstić information content (AvgIpc) is 2.39. The summed E-state index contributed by atoms with van der Waals surface area (Å²) in [5.41, 5.74) is 0.0800. The van der Waals surface area contributed by atoms with Crippen LogP contribution in [-0.2, 0) is 0 Å². The third kappa shape index (κ3) is 2.84. The Bertz CT molecular complexity index is 500. The van der Waals surface area contributed by atoms with E-state index in [1.165, 1.54) is 6.07 Å². The minimum atomic E-state index is -2.84. The minimum absolute atomic E-state index is 0.0800. The molecule has 0 amide bonds. The van der Waals surface area contributed by atoms with Crippen molar-refractivity contribution >= 4 is 0 Å². The van der Waals surface area contributed by atoms with Gasteiger partial charge in [0.15, 0.2) is 0 Å². The maximum absolute atomic E-state index is 12.5. The Hall–Kier alpha value is -1.94. The number of rotatable bonds is 4. The minimum Gasteiger partial charge on any atom is -0.457 e. The molecule has 0 heterocycles. The molecule has 0 fully saturated rings. The number of halogens is 2. The molecule has 0 saturated heterocycles. The fraction of sp³-hybridized carbons (Fsp3) is 0.143. The lowest BCUT2D eigenvalue weighted by Gasteiger charge is -2.15. The fourth-order valence-electron chi connectivity index (χ4n) is 1.57. The van der Waals surface area contributed by atoms with Gasteiger partial charge in [0.1, 0.15) is 17.6 Å². The molecule has 2 aromatic rings. The highest BCUT2D eigenvalue weighted by molar-refractivity contribution is 5.39. The van der Waals surface area contributed by atoms with Crippen LogP contribution < -0.4 is 4.74 Å². The highest BCUT2D eigenvalue weighted by Crippen LogP contribution is 2.32. The van der Waals surface area contributed by atoms with Crippen LogP contribution in [0.1, 0.15) is 11.7 Å². The molecule has 0 aliphatic carbocycles. The zero-order valence-electron chi connectivity index (χ0n) is 9.46. The van der Waals surface area contributed by atoms with Crippen LogP contribution in [0.4, 0.5) is 8.78 Å². The summed E-state index contributed by atoms with van der Waals surface area (Å²) in [6, 6.07) is 15.0. The smallest absolute Gasteiger partial charge is 0.268 e. The summed E-state index contributed by atoms with van der Waals surface area (Å²) in [7, 11) is 0. The third-order valence-corrected chi connectivity index (χ3v) is 2.45. The number of benzene rings is 2. The highest BCUT2D eigenvalue weighted by Gasteiger charge is 2.22. The third-order valence-electron chi connectivity index (χ3n) is 2.45. The van der Waals surface area contributed by atoms with Crippen molar-refractivity contribution in [2.45, 2.75) is 12.5 Å². The van der Waals surface area contributed by atoms with E-state index in [0.29, 0.717) is 5.75 Å². The molecule has 94 valence electrons. The van der Waals surface area contributed by atoms with Gasteiger partial charge in [0.25, 0.3) is 6.43 Å². The van der Waals surface area contributed by atoms with Gasteiger partial charge in [0.2, 0.25) is 0 Å². The summed E-state index contributed by atoms with van der Waals surface area (Å²) in [6.07, 6.45) is -4.68. The Morgan fingerprint density at radius 3 is 2.17 bits per heavy atom. The van der Waals surface area contributed by atoms with Crippen molar-refractivity contribution in [1.29, 1.82) is 0 Å². The zero-order valence-corrected chi connectivity index (χ0v) is 9.46. The summed E-state index contributed by atoms with van der Waals surface area (Å²) in [6.45, 7) is 0. The van der Waals surface area contributed by atoms with E-state index in [1.807, 2.05) is 6.07 Å². The molecule has 0 saturated carbocycles. The summed E-state index contributed by atoms with van der Waals surface area (Å²) in [5, 5.41) is 9.43. The standard InChI is InChI=1S/C14H12F2O2/c15-14(16)13(17)11-8-4-5-9-12(11)18-10-6-2-1-3-7-10/h1-9,13-14,17H. The molecule has 4 heteroatoms. The first kappa shape index (κ1) is 12.5. The van der Waals surface area contributed by atoms with Gasteiger partial charge in [-0.25, -0.2) is 8.78 Å². The van der Waals surface area contributed by atoms with Gasteiger partial charge in [-0.2, -0.15) is 0 Å². The van der Waals surface area contributed by atoms with Gasteiger partial charge in [0.05, 0.1) is 0 Å². The van der Waals surface area contributed by atoms with Crippen LogP contribution in [0.25, 0.3) is 0 Å². The largest absolute Gasteiger partial charge is 0.457 e. The second kappa shape index (κ2) is 5.60. The van der Waals surface area contributed by atoms with Crippen molar-refractivity contribution in [1.82, 2.24) is 0 Å². The molecule has 18 heavy (non-hydrogen) atoms. The number of para-hydroxylation sites is 2. The summed E-state index contributed by atoms with van der Waals surface area (Å²) in [4.78, 5) is 0. The molecular weight excluding hydrogens is 238 g/mol. The maximum atomic E-state index is 12.5. The lowest BCUT2D eigenvalue weighted by atomic mass is 10.1. The van der Waals surface area contributed by atoms with Crippen molar-refractivity contribution in [2.75, 3.05) is 0 Å². The number of aliphatic hydroxyl groups is 1. The van der Waals surface area contributed by atoms with E-state index in [2.05, 4.69) is 0 Å². The van der Waals surface area contributed by atoms with Gasteiger partial charge in [-0.05, 0) is 18.2 Å². The summed E-state index contributed by atoms with van der Waals surface area (Å²) in [5.74, 6) is 0.767. The Balaban J connectivity index is 2.28. The number of aliphatic hydroxyl groups excluding tert-OH is 1. The summed E-state index contributed by atoms with van der Waals surface area (Å²) < 4.78 is 30.5. The van der Waals surface area contributed by atoms with Crippen molar-refractivity contribution in [3.05, 3.63) is 60.2 Å². The first-order valence-electron chi connectivity index (χ1n) is 5.46. The second-order valence-electron chi connectivity index (χ2n) is 3.73. The van der Waals surface area contributed by atoms with Crippen molar-refractivity contribution in [3.63, 3.8) is 0 Å². The maximum Gasteiger partial charge on any atom is 0.268 e. The SMILES string of the molecule is OC(c1ccccc1Oc1ccccc1)C(F)F. The second-order valence-corrected chi connectivity index (χ2v) is 3.73. The van der Waals surface area contributed by atoms with Crippen LogP contribution in [0.3, 0.4) is 0 Å². The number of hydrogen-bond acceptors (Lipinski definition) is 2. The Labute approximate surface area is 103 Å². The highest BCUT2D eigenvalue weighted by atomic mass is 19.3. The van der Waals surface area contributed by atoms with E-state index < -0.39 is 12.5 Å². The average molecular weight is 250 g/mol. The van der Waals surface area contributed by atoms with Crippen molar-refractivity contribution in [2.24, 2.45) is 0 Å². The normalized spacial score (nSPS) is 12.4. The van der Waals surface area contributed by atoms with Crippen LogP contribution in [0.5, 0.6) is 11.5 Å². The van der Waals surface area contributed by atoms with Crippen molar-refractivity contribution in [3.8, 4) is 11.5 Å². The molecular formula is C14H12F2O2. The molecule has 2 nitrogen and oxygen atoms in total. The number of ether oxygens (including phenoxy) is 1.